The second kappa shape index (κ2) is 7.58. The van der Waals surface area contributed by atoms with Crippen molar-refractivity contribution >= 4 is 28.6 Å². The van der Waals surface area contributed by atoms with Crippen LogP contribution >= 0.6 is 22.6 Å². The second-order valence-electron chi connectivity index (χ2n) is 6.68. The van der Waals surface area contributed by atoms with Gasteiger partial charge in [0, 0.05) is 10.2 Å². The number of carboxylic acid groups (broad SMARTS) is 1. The van der Waals surface area contributed by atoms with E-state index in [1.54, 1.807) is 6.92 Å². The maximum Gasteiger partial charge on any atom is 0.313 e. The number of aliphatic hydroxyl groups excluding tert-OH is 1. The summed E-state index contributed by atoms with van der Waals surface area (Å²) in [7, 11) is 0. The van der Waals surface area contributed by atoms with E-state index < -0.39 is 11.4 Å². The molecule has 118 valence electrons. The lowest BCUT2D eigenvalue weighted by Gasteiger charge is -2.27. The minimum atomic E-state index is -0.843. The van der Waals surface area contributed by atoms with Gasteiger partial charge < -0.3 is 10.2 Å². The molecule has 0 amide bonds. The number of benzene rings is 1. The molecule has 3 nitrogen and oxygen atoms in total. The lowest BCUT2D eigenvalue weighted by molar-refractivity contribution is -0.143. The van der Waals surface area contributed by atoms with Gasteiger partial charge in [0.2, 0.25) is 0 Å². The number of aliphatic carboxylic acids is 1. The Hall–Kier alpha value is -0.620. The molecule has 1 aromatic carbocycles. The molecule has 0 aliphatic rings. The first kappa shape index (κ1) is 18.4. The molecule has 0 aliphatic carbocycles. The maximum atomic E-state index is 11.7. The Bertz CT molecular complexity index is 485. The number of hydrogen-bond acceptors (Lipinski definition) is 2. The van der Waals surface area contributed by atoms with Crippen molar-refractivity contribution in [2.24, 2.45) is 5.41 Å². The number of halogens is 1. The molecule has 0 heterocycles. The zero-order valence-electron chi connectivity index (χ0n) is 13.0. The van der Waals surface area contributed by atoms with Crippen molar-refractivity contribution in [3.8, 4) is 0 Å². The van der Waals surface area contributed by atoms with Gasteiger partial charge in [-0.15, -0.1) is 0 Å². The summed E-state index contributed by atoms with van der Waals surface area (Å²) >= 11 is 2.21. The normalized spacial score (nSPS) is 14.7. The van der Waals surface area contributed by atoms with Crippen molar-refractivity contribution in [3.63, 3.8) is 0 Å². The predicted molar refractivity (Wildman–Crippen MR) is 93.5 cm³/mol. The Labute approximate surface area is 140 Å². The van der Waals surface area contributed by atoms with Gasteiger partial charge in [0.05, 0.1) is 5.41 Å². The van der Waals surface area contributed by atoms with Gasteiger partial charge in [-0.1, -0.05) is 38.8 Å². The van der Waals surface area contributed by atoms with Crippen LogP contribution in [0, 0.1) is 8.99 Å². The molecule has 2 N–H and O–H groups in total. The van der Waals surface area contributed by atoms with Crippen molar-refractivity contribution in [1.82, 2.24) is 0 Å². The number of aliphatic hydroxyl groups is 1. The summed E-state index contributed by atoms with van der Waals surface area (Å²) in [6.45, 7) is 6.03. The van der Waals surface area contributed by atoms with Crippen molar-refractivity contribution < 1.29 is 15.0 Å². The lowest BCUT2D eigenvalue weighted by Crippen LogP contribution is -2.32. The van der Waals surface area contributed by atoms with Crippen LogP contribution in [0.25, 0.3) is 0 Å². The van der Waals surface area contributed by atoms with Crippen molar-refractivity contribution in [1.29, 1.82) is 0 Å². The van der Waals surface area contributed by atoms with E-state index in [1.807, 2.05) is 38.1 Å². The zero-order valence-corrected chi connectivity index (χ0v) is 15.2. The van der Waals surface area contributed by atoms with Gasteiger partial charge in [0.1, 0.15) is 0 Å². The third kappa shape index (κ3) is 5.25. The summed E-state index contributed by atoms with van der Waals surface area (Å²) in [5.41, 5.74) is -0.0601. The third-order valence-electron chi connectivity index (χ3n) is 4.14. The van der Waals surface area contributed by atoms with Gasteiger partial charge in [0.25, 0.3) is 0 Å². The SMILES string of the molecule is CC(C)(CO)CCCCC(C)(C(=O)O)c1cccc(I)c1. The average molecular weight is 404 g/mol. The van der Waals surface area contributed by atoms with Crippen LogP contribution < -0.4 is 0 Å². The summed E-state index contributed by atoms with van der Waals surface area (Å²) in [4.78, 5) is 11.7. The van der Waals surface area contributed by atoms with Crippen LogP contribution in [-0.2, 0) is 10.2 Å². The van der Waals surface area contributed by atoms with Crippen LogP contribution in [0.15, 0.2) is 24.3 Å². The van der Waals surface area contributed by atoms with Crippen LogP contribution in [0.2, 0.25) is 0 Å². The van der Waals surface area contributed by atoms with Crippen LogP contribution in [0.3, 0.4) is 0 Å². The molecule has 0 aromatic heterocycles. The zero-order chi connectivity index (χ0) is 16.1. The predicted octanol–water partition coefficient (Wildman–Crippen LogP) is 4.21. The summed E-state index contributed by atoms with van der Waals surface area (Å²) in [5.74, 6) is -0.772. The largest absolute Gasteiger partial charge is 0.481 e. The molecule has 4 heteroatoms. The van der Waals surface area contributed by atoms with Crippen LogP contribution in [0.4, 0.5) is 0 Å². The Morgan fingerprint density at radius 2 is 1.81 bits per heavy atom. The Morgan fingerprint density at radius 1 is 1.19 bits per heavy atom. The Morgan fingerprint density at radius 3 is 2.33 bits per heavy atom. The van der Waals surface area contributed by atoms with E-state index in [9.17, 15) is 15.0 Å². The molecular weight excluding hydrogens is 379 g/mol. The molecule has 1 unspecified atom stereocenters. The fourth-order valence-corrected chi connectivity index (χ4v) is 2.91. The second-order valence-corrected chi connectivity index (χ2v) is 7.92. The smallest absolute Gasteiger partial charge is 0.313 e. The van der Waals surface area contributed by atoms with Gasteiger partial charge in [-0.05, 0) is 65.5 Å². The van der Waals surface area contributed by atoms with Crippen LogP contribution in [-0.4, -0.2) is 22.8 Å². The average Bonchev–Trinajstić information content (AvgIpc) is 2.43. The molecule has 0 saturated carbocycles. The van der Waals surface area contributed by atoms with Gasteiger partial charge in [-0.2, -0.15) is 0 Å². The standard InChI is InChI=1S/C17H25IO3/c1-16(2,12-19)9-4-5-10-17(3,15(20)21)13-7-6-8-14(18)11-13/h6-8,11,19H,4-5,9-10,12H2,1-3H3,(H,20,21). The van der Waals surface area contributed by atoms with Crippen molar-refractivity contribution in [3.05, 3.63) is 33.4 Å². The van der Waals surface area contributed by atoms with E-state index in [2.05, 4.69) is 22.6 Å². The van der Waals surface area contributed by atoms with Crippen LogP contribution in [0.5, 0.6) is 0 Å². The summed E-state index contributed by atoms with van der Waals surface area (Å²) < 4.78 is 1.05. The molecule has 0 fully saturated rings. The number of hydrogen-bond donors (Lipinski definition) is 2. The monoisotopic (exact) mass is 404 g/mol. The van der Waals surface area contributed by atoms with Gasteiger partial charge in [-0.25, -0.2) is 0 Å². The van der Waals surface area contributed by atoms with E-state index >= 15 is 0 Å². The molecule has 1 atom stereocenters. The number of carboxylic acids is 1. The fourth-order valence-electron chi connectivity index (χ4n) is 2.37. The molecular formula is C17H25IO3. The number of unbranched alkanes of at least 4 members (excludes halogenated alkanes) is 1. The Balaban J connectivity index is 2.72. The van der Waals surface area contributed by atoms with E-state index in [0.717, 1.165) is 28.4 Å². The van der Waals surface area contributed by atoms with Crippen molar-refractivity contribution in [2.75, 3.05) is 6.61 Å². The first-order chi connectivity index (χ1) is 9.71. The summed E-state index contributed by atoms with van der Waals surface area (Å²) in [6.07, 6.45) is 3.30. The van der Waals surface area contributed by atoms with Gasteiger partial charge in [0.15, 0.2) is 0 Å². The van der Waals surface area contributed by atoms with Gasteiger partial charge in [-0.3, -0.25) is 4.79 Å². The highest BCUT2D eigenvalue weighted by Gasteiger charge is 2.34. The molecule has 1 rings (SSSR count). The maximum absolute atomic E-state index is 11.7. The first-order valence-electron chi connectivity index (χ1n) is 7.31. The topological polar surface area (TPSA) is 57.5 Å². The molecule has 0 saturated heterocycles. The number of rotatable bonds is 8. The minimum Gasteiger partial charge on any atom is -0.481 e. The highest BCUT2D eigenvalue weighted by Crippen LogP contribution is 2.32. The quantitative estimate of drug-likeness (QED) is 0.504. The number of carbonyl (C=O) groups is 1. The molecule has 1 aromatic rings. The highest BCUT2D eigenvalue weighted by molar-refractivity contribution is 14.1. The molecule has 0 aliphatic heterocycles. The van der Waals surface area contributed by atoms with E-state index in [0.29, 0.717) is 6.42 Å². The van der Waals surface area contributed by atoms with E-state index in [1.165, 1.54) is 0 Å². The van der Waals surface area contributed by atoms with E-state index in [-0.39, 0.29) is 12.0 Å². The third-order valence-corrected chi connectivity index (χ3v) is 4.81. The molecule has 0 spiro atoms. The lowest BCUT2D eigenvalue weighted by atomic mass is 9.77. The highest BCUT2D eigenvalue weighted by atomic mass is 127. The van der Waals surface area contributed by atoms with Crippen molar-refractivity contribution in [2.45, 2.75) is 51.9 Å². The summed E-state index contributed by atoms with van der Waals surface area (Å²) in [5, 5.41) is 18.9. The van der Waals surface area contributed by atoms with Crippen LogP contribution in [0.1, 0.15) is 52.0 Å². The fraction of sp³-hybridized carbons (Fsp3) is 0.588. The van der Waals surface area contributed by atoms with Gasteiger partial charge >= 0.3 is 5.97 Å². The minimum absolute atomic E-state index is 0.0816. The van der Waals surface area contributed by atoms with E-state index in [4.69, 9.17) is 0 Å². The molecule has 0 radical (unpaired) electrons. The molecule has 21 heavy (non-hydrogen) atoms. The summed E-state index contributed by atoms with van der Waals surface area (Å²) in [6, 6.07) is 7.73. The molecule has 0 bridgehead atoms. The first-order valence-corrected chi connectivity index (χ1v) is 8.39. The Kier molecular flexibility index (Phi) is 6.66.